The third kappa shape index (κ3) is 4.30. The van der Waals surface area contributed by atoms with E-state index in [0.29, 0.717) is 31.1 Å². The Kier molecular flexibility index (Phi) is 5.84. The van der Waals surface area contributed by atoms with Crippen molar-refractivity contribution >= 4 is 16.7 Å². The lowest BCUT2D eigenvalue weighted by Gasteiger charge is -2.37. The van der Waals surface area contributed by atoms with Crippen LogP contribution in [0.3, 0.4) is 0 Å². The quantitative estimate of drug-likeness (QED) is 0.417. The smallest absolute Gasteiger partial charge is 0.138 e. The standard InChI is InChI=1S/C29H28N4O3/c1-29(17-35-18-29)19-36-27-7-4-21(14-22(27)16-30)24-8-9-31-28-25(24)15-26(32-28)20-2-5-23(6-3-20)33-10-12-34-13-11-33/h2-9,14-15H,10-13,17-19H2,1H3,(H,31,32). The second kappa shape index (κ2) is 9.30. The molecule has 1 N–H and O–H groups in total. The highest BCUT2D eigenvalue weighted by Gasteiger charge is 2.34. The van der Waals surface area contributed by atoms with Gasteiger partial charge < -0.3 is 24.1 Å². The lowest BCUT2D eigenvalue weighted by atomic mass is 9.90. The summed E-state index contributed by atoms with van der Waals surface area (Å²) in [4.78, 5) is 10.4. The average Bonchev–Trinajstić information content (AvgIpc) is 3.36. The number of ether oxygens (including phenoxy) is 3. The van der Waals surface area contributed by atoms with Crippen LogP contribution in [0.4, 0.5) is 5.69 Å². The first-order valence-electron chi connectivity index (χ1n) is 12.3. The summed E-state index contributed by atoms with van der Waals surface area (Å²) < 4.78 is 16.8. The van der Waals surface area contributed by atoms with Crippen molar-refractivity contribution in [3.05, 3.63) is 66.4 Å². The van der Waals surface area contributed by atoms with Crippen molar-refractivity contribution in [1.82, 2.24) is 9.97 Å². The Morgan fingerprint density at radius 3 is 2.53 bits per heavy atom. The van der Waals surface area contributed by atoms with E-state index in [9.17, 15) is 5.26 Å². The maximum atomic E-state index is 9.79. The number of nitrogens with one attached hydrogen (secondary N) is 1. The minimum absolute atomic E-state index is 0.0184. The molecule has 0 bridgehead atoms. The minimum Gasteiger partial charge on any atom is -0.491 e. The normalized spacial score (nSPS) is 16.9. The van der Waals surface area contributed by atoms with Gasteiger partial charge in [0.1, 0.15) is 17.5 Å². The molecular weight excluding hydrogens is 452 g/mol. The molecule has 2 aliphatic heterocycles. The number of benzene rings is 2. The predicted molar refractivity (Wildman–Crippen MR) is 139 cm³/mol. The summed E-state index contributed by atoms with van der Waals surface area (Å²) in [6, 6.07) is 20.8. The molecule has 0 unspecified atom stereocenters. The number of pyridine rings is 1. The van der Waals surface area contributed by atoms with Gasteiger partial charge in [0.25, 0.3) is 0 Å². The lowest BCUT2D eigenvalue weighted by molar-refractivity contribution is -0.120. The molecule has 4 heterocycles. The van der Waals surface area contributed by atoms with E-state index in [0.717, 1.165) is 59.7 Å². The number of rotatable bonds is 6. The van der Waals surface area contributed by atoms with Crippen molar-refractivity contribution in [3.8, 4) is 34.2 Å². The average molecular weight is 481 g/mol. The maximum Gasteiger partial charge on any atom is 0.138 e. The van der Waals surface area contributed by atoms with Gasteiger partial charge in [-0.3, -0.25) is 0 Å². The van der Waals surface area contributed by atoms with Crippen LogP contribution in [0.25, 0.3) is 33.4 Å². The molecule has 0 amide bonds. The third-order valence-electron chi connectivity index (χ3n) is 6.97. The summed E-state index contributed by atoms with van der Waals surface area (Å²) in [5.74, 6) is 0.606. The number of nitrogens with zero attached hydrogens (tertiary/aromatic N) is 3. The van der Waals surface area contributed by atoms with Crippen molar-refractivity contribution < 1.29 is 14.2 Å². The highest BCUT2D eigenvalue weighted by atomic mass is 16.5. The summed E-state index contributed by atoms with van der Waals surface area (Å²) in [6.45, 7) is 7.42. The molecule has 2 aromatic heterocycles. The van der Waals surface area contributed by atoms with E-state index in [2.05, 4.69) is 58.2 Å². The highest BCUT2D eigenvalue weighted by Crippen LogP contribution is 2.35. The Labute approximate surface area is 210 Å². The Morgan fingerprint density at radius 2 is 1.81 bits per heavy atom. The molecular formula is C29H28N4O3. The molecule has 0 saturated carbocycles. The molecule has 182 valence electrons. The first-order chi connectivity index (χ1) is 17.6. The number of aromatic amines is 1. The number of fused-ring (bicyclic) bond motifs is 1. The molecule has 0 radical (unpaired) electrons. The first kappa shape index (κ1) is 22.6. The minimum atomic E-state index is 0.0184. The monoisotopic (exact) mass is 480 g/mol. The molecule has 7 nitrogen and oxygen atoms in total. The van der Waals surface area contributed by atoms with Gasteiger partial charge in [-0.15, -0.1) is 0 Å². The Bertz CT molecular complexity index is 1430. The molecule has 0 aliphatic carbocycles. The van der Waals surface area contributed by atoms with Crippen LogP contribution in [0.15, 0.2) is 60.8 Å². The van der Waals surface area contributed by atoms with Crippen LogP contribution in [0.2, 0.25) is 0 Å². The summed E-state index contributed by atoms with van der Waals surface area (Å²) in [7, 11) is 0. The van der Waals surface area contributed by atoms with E-state index in [1.165, 1.54) is 5.69 Å². The van der Waals surface area contributed by atoms with Gasteiger partial charge in [0.2, 0.25) is 0 Å². The van der Waals surface area contributed by atoms with Crippen molar-refractivity contribution in [1.29, 1.82) is 5.26 Å². The molecule has 2 fully saturated rings. The third-order valence-corrected chi connectivity index (χ3v) is 6.97. The van der Waals surface area contributed by atoms with Crippen molar-refractivity contribution in [2.45, 2.75) is 6.92 Å². The maximum absolute atomic E-state index is 9.79. The van der Waals surface area contributed by atoms with Crippen LogP contribution in [-0.2, 0) is 9.47 Å². The zero-order valence-corrected chi connectivity index (χ0v) is 20.3. The molecule has 2 aliphatic rings. The summed E-state index contributed by atoms with van der Waals surface area (Å²) in [5.41, 5.74) is 6.66. The number of morpholine rings is 1. The largest absolute Gasteiger partial charge is 0.491 e. The number of nitriles is 1. The Hall–Kier alpha value is -3.86. The first-order valence-corrected chi connectivity index (χ1v) is 12.3. The van der Waals surface area contributed by atoms with Crippen molar-refractivity contribution in [2.24, 2.45) is 5.41 Å². The zero-order valence-electron chi connectivity index (χ0n) is 20.3. The molecule has 7 heteroatoms. The summed E-state index contributed by atoms with van der Waals surface area (Å²) in [5, 5.41) is 10.8. The van der Waals surface area contributed by atoms with Crippen LogP contribution in [0, 0.1) is 16.7 Å². The summed E-state index contributed by atoms with van der Waals surface area (Å²) in [6.07, 6.45) is 1.80. The second-order valence-electron chi connectivity index (χ2n) is 9.86. The van der Waals surface area contributed by atoms with Gasteiger partial charge in [0.15, 0.2) is 0 Å². The van der Waals surface area contributed by atoms with Gasteiger partial charge in [-0.05, 0) is 53.1 Å². The van der Waals surface area contributed by atoms with E-state index in [4.69, 9.17) is 14.2 Å². The van der Waals surface area contributed by atoms with Crippen LogP contribution >= 0.6 is 0 Å². The predicted octanol–water partition coefficient (Wildman–Crippen LogP) is 5.02. The molecule has 0 spiro atoms. The fourth-order valence-corrected chi connectivity index (χ4v) is 4.80. The van der Waals surface area contributed by atoms with Gasteiger partial charge in [-0.2, -0.15) is 5.26 Å². The van der Waals surface area contributed by atoms with Gasteiger partial charge in [-0.1, -0.05) is 25.1 Å². The van der Waals surface area contributed by atoms with Gasteiger partial charge in [-0.25, -0.2) is 4.98 Å². The molecule has 36 heavy (non-hydrogen) atoms. The molecule has 4 aromatic rings. The topological polar surface area (TPSA) is 83.4 Å². The van der Waals surface area contributed by atoms with E-state index < -0.39 is 0 Å². The summed E-state index contributed by atoms with van der Waals surface area (Å²) >= 11 is 0. The van der Waals surface area contributed by atoms with Crippen LogP contribution in [-0.4, -0.2) is 56.1 Å². The van der Waals surface area contributed by atoms with Gasteiger partial charge in [0, 0.05) is 41.5 Å². The van der Waals surface area contributed by atoms with E-state index in [1.54, 1.807) is 6.20 Å². The van der Waals surface area contributed by atoms with Crippen molar-refractivity contribution in [3.63, 3.8) is 0 Å². The number of hydrogen-bond acceptors (Lipinski definition) is 6. The fourth-order valence-electron chi connectivity index (χ4n) is 4.80. The molecule has 2 saturated heterocycles. The zero-order chi connectivity index (χ0) is 24.5. The van der Waals surface area contributed by atoms with Crippen LogP contribution < -0.4 is 9.64 Å². The Balaban J connectivity index is 1.28. The number of hydrogen-bond donors (Lipinski definition) is 1. The van der Waals surface area contributed by atoms with Gasteiger partial charge >= 0.3 is 0 Å². The van der Waals surface area contributed by atoms with Gasteiger partial charge in [0.05, 0.1) is 38.6 Å². The van der Waals surface area contributed by atoms with E-state index in [-0.39, 0.29) is 5.41 Å². The van der Waals surface area contributed by atoms with E-state index in [1.807, 2.05) is 24.3 Å². The highest BCUT2D eigenvalue weighted by molar-refractivity contribution is 5.96. The fraction of sp³-hybridized carbons (Fsp3) is 0.310. The molecule has 6 rings (SSSR count). The van der Waals surface area contributed by atoms with Crippen LogP contribution in [0.1, 0.15) is 12.5 Å². The molecule has 2 aromatic carbocycles. The number of anilines is 1. The number of aromatic nitrogens is 2. The van der Waals surface area contributed by atoms with E-state index >= 15 is 0 Å². The SMILES string of the molecule is CC1(COc2ccc(-c3ccnc4[nH]c(-c5ccc(N6CCOCC6)cc5)cc34)cc2C#N)COC1. The van der Waals surface area contributed by atoms with Crippen molar-refractivity contribution in [2.75, 3.05) is 51.0 Å². The van der Waals surface area contributed by atoms with Crippen LogP contribution in [0.5, 0.6) is 5.75 Å². The second-order valence-corrected chi connectivity index (χ2v) is 9.86. The molecule has 0 atom stereocenters. The number of H-pyrrole nitrogens is 1. The lowest BCUT2D eigenvalue weighted by Crippen LogP contribution is -2.44. The Morgan fingerprint density at radius 1 is 1.03 bits per heavy atom.